The third-order valence-electron chi connectivity index (χ3n) is 3.99. The van der Waals surface area contributed by atoms with Crippen LogP contribution in [-0.2, 0) is 33.5 Å². The Morgan fingerprint density at radius 3 is 2.43 bits per heavy atom. The van der Waals surface area contributed by atoms with Gasteiger partial charge in [0.05, 0.1) is 12.2 Å². The molecule has 3 aromatic carbocycles. The second-order valence-electron chi connectivity index (χ2n) is 6.29. The average Bonchev–Trinajstić information content (AvgIpc) is 2.64. The molecule has 3 rings (SSSR count). The third kappa shape index (κ3) is 6.04. The number of hydrogen-bond donors (Lipinski definition) is 1. The van der Waals surface area contributed by atoms with E-state index in [9.17, 15) is 9.00 Å². The Morgan fingerprint density at radius 1 is 0.929 bits per heavy atom. The maximum absolute atomic E-state index is 12.6. The van der Waals surface area contributed by atoms with Crippen molar-refractivity contribution < 1.29 is 18.8 Å². The van der Waals surface area contributed by atoms with Crippen LogP contribution in [-0.4, -0.2) is 15.3 Å². The molecule has 0 spiro atoms. The van der Waals surface area contributed by atoms with E-state index in [-0.39, 0.29) is 6.42 Å². The van der Waals surface area contributed by atoms with E-state index in [1.807, 2.05) is 48.5 Å². The van der Waals surface area contributed by atoms with E-state index in [1.54, 1.807) is 24.3 Å². The van der Waals surface area contributed by atoms with Crippen molar-refractivity contribution in [1.29, 1.82) is 0 Å². The molecule has 0 aliphatic rings. The molecule has 0 amide bonds. The van der Waals surface area contributed by atoms with Crippen molar-refractivity contribution in [3.05, 3.63) is 94.0 Å². The topological polar surface area (TPSA) is 63.6 Å². The van der Waals surface area contributed by atoms with Crippen LogP contribution in [0.2, 0.25) is 0 Å². The van der Waals surface area contributed by atoms with Gasteiger partial charge in [-0.1, -0.05) is 58.4 Å². The predicted molar refractivity (Wildman–Crippen MR) is 114 cm³/mol. The molecule has 1 unspecified atom stereocenters. The standard InChI is InChI=1S/C22H19BrO4S/c23-19-9-10-21(27-20-8-4-7-17(11-20)12-22(24)25)18(13-19)15-28(26)14-16-5-2-1-3-6-16/h1-11,13H,12,14-15H2,(H,24,25). The molecule has 0 saturated carbocycles. The van der Waals surface area contributed by atoms with Crippen LogP contribution >= 0.6 is 15.9 Å². The van der Waals surface area contributed by atoms with Crippen molar-refractivity contribution in [2.75, 3.05) is 0 Å². The summed E-state index contributed by atoms with van der Waals surface area (Å²) >= 11 is 3.46. The highest BCUT2D eigenvalue weighted by Gasteiger charge is 2.11. The molecule has 0 aliphatic carbocycles. The molecule has 0 fully saturated rings. The SMILES string of the molecule is O=C(O)Cc1cccc(Oc2ccc(Br)cc2CS(=O)Cc2ccccc2)c1. The molecule has 0 saturated heterocycles. The van der Waals surface area contributed by atoms with Crippen molar-refractivity contribution >= 4 is 32.7 Å². The quantitative estimate of drug-likeness (QED) is 0.496. The maximum atomic E-state index is 12.6. The highest BCUT2D eigenvalue weighted by atomic mass is 79.9. The average molecular weight is 459 g/mol. The first-order valence-electron chi connectivity index (χ1n) is 8.65. The zero-order chi connectivity index (χ0) is 19.9. The third-order valence-corrected chi connectivity index (χ3v) is 5.77. The minimum atomic E-state index is -1.09. The predicted octanol–water partition coefficient (Wildman–Crippen LogP) is 5.32. The Balaban J connectivity index is 1.77. The second kappa shape index (κ2) is 9.66. The molecule has 0 aromatic heterocycles. The van der Waals surface area contributed by atoms with Crippen LogP contribution in [0, 0.1) is 0 Å². The number of hydrogen-bond acceptors (Lipinski definition) is 3. The first-order valence-corrected chi connectivity index (χ1v) is 10.9. The summed E-state index contributed by atoms with van der Waals surface area (Å²) in [5, 5.41) is 8.96. The number of carbonyl (C=O) groups is 1. The van der Waals surface area contributed by atoms with Gasteiger partial charge in [0.25, 0.3) is 0 Å². The van der Waals surface area contributed by atoms with Crippen LogP contribution in [0.15, 0.2) is 77.3 Å². The highest BCUT2D eigenvalue weighted by Crippen LogP contribution is 2.30. The Labute approximate surface area is 174 Å². The summed E-state index contributed by atoms with van der Waals surface area (Å²) in [6, 6.07) is 22.3. The van der Waals surface area contributed by atoms with E-state index in [1.165, 1.54) is 0 Å². The van der Waals surface area contributed by atoms with Crippen LogP contribution in [0.1, 0.15) is 16.7 Å². The number of carboxylic acid groups (broad SMARTS) is 1. The van der Waals surface area contributed by atoms with Gasteiger partial charge in [0.2, 0.25) is 0 Å². The number of carboxylic acids is 1. The van der Waals surface area contributed by atoms with E-state index in [0.29, 0.717) is 28.6 Å². The van der Waals surface area contributed by atoms with E-state index in [4.69, 9.17) is 9.84 Å². The molecule has 1 atom stereocenters. The number of benzene rings is 3. The number of halogens is 1. The fourth-order valence-corrected chi connectivity index (χ4v) is 4.41. The van der Waals surface area contributed by atoms with Crippen LogP contribution in [0.4, 0.5) is 0 Å². The lowest BCUT2D eigenvalue weighted by Crippen LogP contribution is -2.02. The molecule has 144 valence electrons. The molecule has 0 heterocycles. The summed E-state index contributed by atoms with van der Waals surface area (Å²) in [6.07, 6.45) is -0.0640. The summed E-state index contributed by atoms with van der Waals surface area (Å²) in [4.78, 5) is 10.9. The molecule has 0 radical (unpaired) electrons. The Kier molecular flexibility index (Phi) is 7.01. The maximum Gasteiger partial charge on any atom is 0.307 e. The number of aliphatic carboxylic acids is 1. The number of ether oxygens (including phenoxy) is 1. The fraction of sp³-hybridized carbons (Fsp3) is 0.136. The lowest BCUT2D eigenvalue weighted by molar-refractivity contribution is -0.136. The normalized spacial score (nSPS) is 11.8. The lowest BCUT2D eigenvalue weighted by Gasteiger charge is -2.13. The van der Waals surface area contributed by atoms with E-state index in [2.05, 4.69) is 15.9 Å². The zero-order valence-electron chi connectivity index (χ0n) is 15.0. The Hall–Kier alpha value is -2.44. The molecule has 6 heteroatoms. The van der Waals surface area contributed by atoms with Gasteiger partial charge in [-0.15, -0.1) is 0 Å². The van der Waals surface area contributed by atoms with Crippen molar-refractivity contribution in [2.45, 2.75) is 17.9 Å². The van der Waals surface area contributed by atoms with Gasteiger partial charge in [-0.25, -0.2) is 0 Å². The summed E-state index contributed by atoms with van der Waals surface area (Å²) in [6.45, 7) is 0. The highest BCUT2D eigenvalue weighted by molar-refractivity contribution is 9.10. The van der Waals surface area contributed by atoms with Crippen molar-refractivity contribution in [2.24, 2.45) is 0 Å². The van der Waals surface area contributed by atoms with Crippen LogP contribution in [0.5, 0.6) is 11.5 Å². The van der Waals surface area contributed by atoms with Crippen LogP contribution in [0.3, 0.4) is 0 Å². The summed E-state index contributed by atoms with van der Waals surface area (Å²) in [7, 11) is -1.09. The second-order valence-corrected chi connectivity index (χ2v) is 8.66. The monoisotopic (exact) mass is 458 g/mol. The first-order chi connectivity index (χ1) is 13.5. The van der Waals surface area contributed by atoms with E-state index in [0.717, 1.165) is 15.6 Å². The lowest BCUT2D eigenvalue weighted by atomic mass is 10.1. The van der Waals surface area contributed by atoms with Gasteiger partial charge in [-0.3, -0.25) is 9.00 Å². The molecule has 28 heavy (non-hydrogen) atoms. The van der Waals surface area contributed by atoms with Crippen molar-refractivity contribution in [1.82, 2.24) is 0 Å². The number of rotatable bonds is 8. The fourth-order valence-electron chi connectivity index (χ4n) is 2.77. The zero-order valence-corrected chi connectivity index (χ0v) is 17.4. The molecule has 4 nitrogen and oxygen atoms in total. The van der Waals surface area contributed by atoms with E-state index < -0.39 is 16.8 Å². The molecule has 0 aliphatic heterocycles. The van der Waals surface area contributed by atoms with Crippen molar-refractivity contribution in [3.63, 3.8) is 0 Å². The van der Waals surface area contributed by atoms with Gasteiger partial charge in [0, 0.05) is 26.6 Å². The van der Waals surface area contributed by atoms with Gasteiger partial charge in [-0.2, -0.15) is 0 Å². The summed E-state index contributed by atoms with van der Waals surface area (Å²) in [5.74, 6) is 1.10. The summed E-state index contributed by atoms with van der Waals surface area (Å²) in [5.41, 5.74) is 2.52. The van der Waals surface area contributed by atoms with Crippen LogP contribution < -0.4 is 4.74 Å². The smallest absolute Gasteiger partial charge is 0.307 e. The summed E-state index contributed by atoms with van der Waals surface area (Å²) < 4.78 is 19.5. The Morgan fingerprint density at radius 2 is 1.68 bits per heavy atom. The molecule has 0 bridgehead atoms. The van der Waals surface area contributed by atoms with Gasteiger partial charge in [0.15, 0.2) is 0 Å². The van der Waals surface area contributed by atoms with Gasteiger partial charge in [0.1, 0.15) is 11.5 Å². The molecule has 1 N–H and O–H groups in total. The van der Waals surface area contributed by atoms with E-state index >= 15 is 0 Å². The molecular formula is C22H19BrO4S. The molecule has 3 aromatic rings. The van der Waals surface area contributed by atoms with Gasteiger partial charge >= 0.3 is 5.97 Å². The van der Waals surface area contributed by atoms with Gasteiger partial charge < -0.3 is 9.84 Å². The minimum Gasteiger partial charge on any atom is -0.481 e. The van der Waals surface area contributed by atoms with Crippen LogP contribution in [0.25, 0.3) is 0 Å². The molecular weight excluding hydrogens is 440 g/mol. The minimum absolute atomic E-state index is 0.0640. The largest absolute Gasteiger partial charge is 0.481 e. The van der Waals surface area contributed by atoms with Gasteiger partial charge in [-0.05, 0) is 41.5 Å². The van der Waals surface area contributed by atoms with Crippen molar-refractivity contribution in [3.8, 4) is 11.5 Å². The first kappa shape index (κ1) is 20.3. The Bertz CT molecular complexity index is 989.